The molecule has 2 heterocycles. The van der Waals surface area contributed by atoms with E-state index in [2.05, 4.69) is 16.4 Å². The molecule has 0 aliphatic rings. The maximum Gasteiger partial charge on any atom is 0.221 e. The zero-order valence-electron chi connectivity index (χ0n) is 10.6. The minimum absolute atomic E-state index is 0.0517. The van der Waals surface area contributed by atoms with Crippen LogP contribution in [0.25, 0.3) is 20.8 Å². The van der Waals surface area contributed by atoms with Crippen molar-refractivity contribution < 1.29 is 4.79 Å². The summed E-state index contributed by atoms with van der Waals surface area (Å²) >= 11 is 3.20. The molecule has 0 aliphatic carbocycles. The molecule has 96 valence electrons. The number of anilines is 1. The number of amides is 1. The van der Waals surface area contributed by atoms with Crippen molar-refractivity contribution >= 4 is 43.8 Å². The predicted molar refractivity (Wildman–Crippen MR) is 82.0 cm³/mol. The second-order valence-electron chi connectivity index (χ2n) is 4.29. The molecule has 0 aliphatic heterocycles. The van der Waals surface area contributed by atoms with Crippen molar-refractivity contribution in [2.45, 2.75) is 13.8 Å². The second-order valence-corrected chi connectivity index (χ2v) is 6.20. The largest absolute Gasteiger partial charge is 0.317 e. The maximum absolute atomic E-state index is 11.3. The summed E-state index contributed by atoms with van der Waals surface area (Å²) in [6, 6.07) is 8.08. The van der Waals surface area contributed by atoms with Crippen LogP contribution >= 0.6 is 22.7 Å². The van der Waals surface area contributed by atoms with Crippen LogP contribution in [0, 0.1) is 6.92 Å². The molecule has 1 amide bonds. The topological polar surface area (TPSA) is 42.0 Å². The molecule has 5 heteroatoms. The SMILES string of the molecule is CC(=O)Nc1scc(C)c1-c1nc2ccccc2s1. The van der Waals surface area contributed by atoms with Gasteiger partial charge in [0.05, 0.1) is 10.2 Å². The van der Waals surface area contributed by atoms with Gasteiger partial charge in [-0.05, 0) is 30.0 Å². The molecule has 0 spiro atoms. The number of thiazole rings is 1. The number of rotatable bonds is 2. The number of nitrogens with zero attached hydrogens (tertiary/aromatic N) is 1. The van der Waals surface area contributed by atoms with Crippen LogP contribution in [-0.4, -0.2) is 10.9 Å². The van der Waals surface area contributed by atoms with Gasteiger partial charge < -0.3 is 5.32 Å². The van der Waals surface area contributed by atoms with E-state index in [9.17, 15) is 4.79 Å². The Kier molecular flexibility index (Phi) is 3.08. The third-order valence-corrected chi connectivity index (χ3v) is 4.84. The van der Waals surface area contributed by atoms with Crippen molar-refractivity contribution in [3.05, 3.63) is 35.2 Å². The summed E-state index contributed by atoms with van der Waals surface area (Å²) in [6.07, 6.45) is 0. The molecule has 1 aromatic carbocycles. The standard InChI is InChI=1S/C14H12N2OS2/c1-8-7-18-13(15-9(2)17)12(8)14-16-10-5-3-4-6-11(10)19-14/h3-7H,1-2H3,(H,15,17). The quantitative estimate of drug-likeness (QED) is 0.764. The summed E-state index contributed by atoms with van der Waals surface area (Å²) in [4.78, 5) is 15.9. The Morgan fingerprint density at radius 3 is 2.84 bits per heavy atom. The van der Waals surface area contributed by atoms with E-state index in [1.54, 1.807) is 22.7 Å². The van der Waals surface area contributed by atoms with Crippen molar-refractivity contribution in [3.8, 4) is 10.6 Å². The van der Waals surface area contributed by atoms with Gasteiger partial charge in [0.25, 0.3) is 0 Å². The zero-order valence-corrected chi connectivity index (χ0v) is 12.2. The van der Waals surface area contributed by atoms with Gasteiger partial charge in [0.15, 0.2) is 0 Å². The van der Waals surface area contributed by atoms with Crippen LogP contribution in [0.5, 0.6) is 0 Å². The number of para-hydroxylation sites is 1. The first-order valence-electron chi connectivity index (χ1n) is 5.87. The lowest BCUT2D eigenvalue weighted by molar-refractivity contribution is -0.114. The number of benzene rings is 1. The molecule has 1 N–H and O–H groups in total. The van der Waals surface area contributed by atoms with Crippen LogP contribution in [0.2, 0.25) is 0 Å². The van der Waals surface area contributed by atoms with Crippen LogP contribution in [0.4, 0.5) is 5.00 Å². The summed E-state index contributed by atoms with van der Waals surface area (Å²) in [5, 5.41) is 6.77. The van der Waals surface area contributed by atoms with Crippen LogP contribution < -0.4 is 5.32 Å². The molecule has 0 unspecified atom stereocenters. The molecular formula is C14H12N2OS2. The van der Waals surface area contributed by atoms with Gasteiger partial charge in [-0.3, -0.25) is 4.79 Å². The fourth-order valence-electron chi connectivity index (χ4n) is 1.94. The van der Waals surface area contributed by atoms with Gasteiger partial charge in [-0.15, -0.1) is 22.7 Å². The molecule has 0 radical (unpaired) electrons. The minimum Gasteiger partial charge on any atom is -0.317 e. The number of aromatic nitrogens is 1. The Morgan fingerprint density at radius 2 is 2.11 bits per heavy atom. The summed E-state index contributed by atoms with van der Waals surface area (Å²) in [5.41, 5.74) is 3.19. The third kappa shape index (κ3) is 2.27. The molecule has 2 aromatic heterocycles. The highest BCUT2D eigenvalue weighted by molar-refractivity contribution is 7.22. The number of fused-ring (bicyclic) bond motifs is 1. The number of hydrogen-bond acceptors (Lipinski definition) is 4. The van der Waals surface area contributed by atoms with E-state index < -0.39 is 0 Å². The molecule has 19 heavy (non-hydrogen) atoms. The van der Waals surface area contributed by atoms with E-state index in [1.807, 2.05) is 30.5 Å². The number of aryl methyl sites for hydroxylation is 1. The molecule has 0 saturated heterocycles. The monoisotopic (exact) mass is 288 g/mol. The fourth-order valence-corrected chi connectivity index (χ4v) is 4.08. The first-order chi connectivity index (χ1) is 9.15. The molecule has 0 saturated carbocycles. The highest BCUT2D eigenvalue weighted by Crippen LogP contribution is 2.40. The van der Waals surface area contributed by atoms with E-state index >= 15 is 0 Å². The first-order valence-corrected chi connectivity index (χ1v) is 7.56. The fraction of sp³-hybridized carbons (Fsp3) is 0.143. The normalized spacial score (nSPS) is 10.8. The minimum atomic E-state index is -0.0517. The summed E-state index contributed by atoms with van der Waals surface area (Å²) in [6.45, 7) is 3.57. The second kappa shape index (κ2) is 4.75. The highest BCUT2D eigenvalue weighted by atomic mass is 32.1. The van der Waals surface area contributed by atoms with Gasteiger partial charge in [-0.2, -0.15) is 0 Å². The van der Waals surface area contributed by atoms with Gasteiger partial charge in [0.2, 0.25) is 5.91 Å². The Hall–Kier alpha value is -1.72. The molecule has 3 aromatic rings. The molecule has 0 bridgehead atoms. The lowest BCUT2D eigenvalue weighted by atomic mass is 10.2. The number of hydrogen-bond donors (Lipinski definition) is 1. The van der Waals surface area contributed by atoms with Gasteiger partial charge in [-0.1, -0.05) is 12.1 Å². The number of carbonyl (C=O) groups is 1. The van der Waals surface area contributed by atoms with Gasteiger partial charge in [0.1, 0.15) is 10.0 Å². The number of carbonyl (C=O) groups excluding carboxylic acids is 1. The molecule has 0 atom stereocenters. The van der Waals surface area contributed by atoms with E-state index in [0.29, 0.717) is 0 Å². The van der Waals surface area contributed by atoms with E-state index in [1.165, 1.54) is 6.92 Å². The van der Waals surface area contributed by atoms with E-state index in [4.69, 9.17) is 0 Å². The van der Waals surface area contributed by atoms with Crippen LogP contribution in [-0.2, 0) is 4.79 Å². The summed E-state index contributed by atoms with van der Waals surface area (Å²) in [5.74, 6) is -0.0517. The van der Waals surface area contributed by atoms with E-state index in [0.717, 1.165) is 31.4 Å². The third-order valence-electron chi connectivity index (χ3n) is 2.77. The average molecular weight is 288 g/mol. The van der Waals surface area contributed by atoms with Crippen LogP contribution in [0.3, 0.4) is 0 Å². The molecule has 3 rings (SSSR count). The highest BCUT2D eigenvalue weighted by Gasteiger charge is 2.15. The Morgan fingerprint density at radius 1 is 1.32 bits per heavy atom. The summed E-state index contributed by atoms with van der Waals surface area (Å²) < 4.78 is 1.16. The average Bonchev–Trinajstić information content (AvgIpc) is 2.92. The van der Waals surface area contributed by atoms with Crippen molar-refractivity contribution in [3.63, 3.8) is 0 Å². The van der Waals surface area contributed by atoms with Gasteiger partial charge >= 0.3 is 0 Å². The zero-order chi connectivity index (χ0) is 13.4. The van der Waals surface area contributed by atoms with Crippen molar-refractivity contribution in [1.29, 1.82) is 0 Å². The predicted octanol–water partition coefficient (Wildman–Crippen LogP) is 4.29. The Bertz CT molecular complexity index is 725. The lowest BCUT2D eigenvalue weighted by Crippen LogP contribution is -2.05. The lowest BCUT2D eigenvalue weighted by Gasteiger charge is -2.02. The van der Waals surface area contributed by atoms with Crippen LogP contribution in [0.1, 0.15) is 12.5 Å². The molecular weight excluding hydrogens is 276 g/mol. The smallest absolute Gasteiger partial charge is 0.221 e. The number of nitrogens with one attached hydrogen (secondary N) is 1. The molecule has 3 nitrogen and oxygen atoms in total. The van der Waals surface area contributed by atoms with Gasteiger partial charge in [0, 0.05) is 12.5 Å². The molecule has 0 fully saturated rings. The first kappa shape index (κ1) is 12.3. The van der Waals surface area contributed by atoms with Crippen molar-refractivity contribution in [2.75, 3.05) is 5.32 Å². The Balaban J connectivity index is 2.15. The van der Waals surface area contributed by atoms with Gasteiger partial charge in [-0.25, -0.2) is 4.98 Å². The van der Waals surface area contributed by atoms with E-state index in [-0.39, 0.29) is 5.91 Å². The summed E-state index contributed by atoms with van der Waals surface area (Å²) in [7, 11) is 0. The maximum atomic E-state index is 11.3. The van der Waals surface area contributed by atoms with Crippen LogP contribution in [0.15, 0.2) is 29.6 Å². The van der Waals surface area contributed by atoms with Crippen molar-refractivity contribution in [2.24, 2.45) is 0 Å². The Labute approximate surface area is 118 Å². The number of thiophene rings is 1. The van der Waals surface area contributed by atoms with Crippen molar-refractivity contribution in [1.82, 2.24) is 4.98 Å².